The number of allylic oxidation sites excluding steroid dienone is 2. The number of fused-ring (bicyclic) bond motifs is 7. The van der Waals surface area contributed by atoms with Crippen LogP contribution in [0.5, 0.6) is 0 Å². The predicted octanol–water partition coefficient (Wildman–Crippen LogP) is 6.78. The van der Waals surface area contributed by atoms with E-state index < -0.39 is 22.9 Å². The Kier molecular flexibility index (Phi) is 6.12. The van der Waals surface area contributed by atoms with Crippen LogP contribution in [0.2, 0.25) is 0 Å². The van der Waals surface area contributed by atoms with Gasteiger partial charge in [0.2, 0.25) is 0 Å². The van der Waals surface area contributed by atoms with Crippen molar-refractivity contribution < 1.29 is 24.5 Å². The van der Waals surface area contributed by atoms with Crippen molar-refractivity contribution in [1.82, 2.24) is 0 Å². The third-order valence-corrected chi connectivity index (χ3v) is 13.4. The Morgan fingerprint density at radius 2 is 1.62 bits per heavy atom. The minimum atomic E-state index is -0.608. The maximum atomic E-state index is 12.8. The number of carboxylic acids is 1. The molecule has 4 saturated carbocycles. The van der Waals surface area contributed by atoms with Gasteiger partial charge in [-0.25, -0.2) is 0 Å². The van der Waals surface area contributed by atoms with Gasteiger partial charge in [-0.1, -0.05) is 53.2 Å². The van der Waals surface area contributed by atoms with Gasteiger partial charge in [0.05, 0.1) is 18.1 Å². The minimum absolute atomic E-state index is 0.0106. The normalized spacial score (nSPS) is 50.4. The molecule has 0 aromatic heterocycles. The number of carboxylic acid groups (broad SMARTS) is 1. The Morgan fingerprint density at radius 1 is 0.946 bits per heavy atom. The molecule has 4 fully saturated rings. The standard InChI is InChI=1S/C32H50O5/c1-20(33)37-19-29(5)23-10-13-31(7)24(28(23,4)12-11-25(29)34)9-8-21-22-18-27(2,3)14-16-32(22,26(35)36)17-15-30(21,31)6/h8,22-25,34H,9-19H2,1-7H3,(H,35,36)/t22-,23?,24-,25+,28+,29-,30-,31-,32+/m1/s1. The summed E-state index contributed by atoms with van der Waals surface area (Å²) in [7, 11) is 0. The lowest BCUT2D eigenvalue weighted by atomic mass is 9.33. The summed E-state index contributed by atoms with van der Waals surface area (Å²) in [5.74, 6) is 0.0128. The fourth-order valence-electron chi connectivity index (χ4n) is 10.9. The minimum Gasteiger partial charge on any atom is -0.481 e. The number of aliphatic carboxylic acids is 1. The Morgan fingerprint density at radius 3 is 2.27 bits per heavy atom. The van der Waals surface area contributed by atoms with E-state index in [2.05, 4.69) is 47.6 Å². The van der Waals surface area contributed by atoms with Gasteiger partial charge in [0.15, 0.2) is 0 Å². The molecule has 2 N–H and O–H groups in total. The van der Waals surface area contributed by atoms with Crippen LogP contribution in [0.1, 0.15) is 113 Å². The first kappa shape index (κ1) is 27.2. The highest BCUT2D eigenvalue weighted by Gasteiger charge is 2.69. The molecular weight excluding hydrogens is 464 g/mol. The molecule has 0 amide bonds. The van der Waals surface area contributed by atoms with Crippen LogP contribution in [0.25, 0.3) is 0 Å². The van der Waals surface area contributed by atoms with E-state index in [1.165, 1.54) is 12.5 Å². The first-order valence-corrected chi connectivity index (χ1v) is 14.8. The quantitative estimate of drug-likeness (QED) is 0.320. The summed E-state index contributed by atoms with van der Waals surface area (Å²) in [6.07, 6.45) is 11.3. The van der Waals surface area contributed by atoms with E-state index in [0.29, 0.717) is 5.92 Å². The summed E-state index contributed by atoms with van der Waals surface area (Å²) in [4.78, 5) is 24.6. The molecule has 0 bridgehead atoms. The fraction of sp³-hybridized carbons (Fsp3) is 0.875. The van der Waals surface area contributed by atoms with Crippen LogP contribution in [-0.4, -0.2) is 34.9 Å². The molecule has 9 atom stereocenters. The molecule has 0 aliphatic heterocycles. The molecule has 208 valence electrons. The summed E-state index contributed by atoms with van der Waals surface area (Å²) < 4.78 is 5.56. The van der Waals surface area contributed by atoms with Gasteiger partial charge in [0, 0.05) is 12.3 Å². The maximum absolute atomic E-state index is 12.8. The van der Waals surface area contributed by atoms with Crippen molar-refractivity contribution in [3.8, 4) is 0 Å². The summed E-state index contributed by atoms with van der Waals surface area (Å²) in [5, 5.41) is 21.7. The smallest absolute Gasteiger partial charge is 0.310 e. The van der Waals surface area contributed by atoms with E-state index in [1.54, 1.807) is 0 Å². The molecule has 0 saturated heterocycles. The van der Waals surface area contributed by atoms with Crippen LogP contribution in [0.15, 0.2) is 11.6 Å². The van der Waals surface area contributed by atoms with E-state index in [0.717, 1.165) is 64.2 Å². The number of aliphatic hydroxyl groups excluding tert-OH is 1. The topological polar surface area (TPSA) is 83.8 Å². The van der Waals surface area contributed by atoms with E-state index in [-0.39, 0.29) is 46.1 Å². The summed E-state index contributed by atoms with van der Waals surface area (Å²) in [6.45, 7) is 16.0. The van der Waals surface area contributed by atoms with Crippen LogP contribution >= 0.6 is 0 Å². The van der Waals surface area contributed by atoms with Gasteiger partial charge in [-0.2, -0.15) is 0 Å². The Bertz CT molecular complexity index is 1010. The van der Waals surface area contributed by atoms with Crippen LogP contribution in [0.3, 0.4) is 0 Å². The monoisotopic (exact) mass is 514 g/mol. The van der Waals surface area contributed by atoms with Gasteiger partial charge in [-0.05, 0) is 104 Å². The number of ether oxygens (including phenoxy) is 1. The summed E-state index contributed by atoms with van der Waals surface area (Å²) in [6, 6.07) is 0. The average Bonchev–Trinajstić information content (AvgIpc) is 2.80. The summed E-state index contributed by atoms with van der Waals surface area (Å²) >= 11 is 0. The zero-order valence-corrected chi connectivity index (χ0v) is 24.3. The molecule has 0 spiro atoms. The van der Waals surface area contributed by atoms with Crippen LogP contribution in [0.4, 0.5) is 0 Å². The fourth-order valence-corrected chi connectivity index (χ4v) is 10.9. The van der Waals surface area contributed by atoms with Gasteiger partial charge in [0.25, 0.3) is 0 Å². The lowest BCUT2D eigenvalue weighted by Gasteiger charge is -2.71. The predicted molar refractivity (Wildman–Crippen MR) is 144 cm³/mol. The van der Waals surface area contributed by atoms with Gasteiger partial charge < -0.3 is 14.9 Å². The average molecular weight is 515 g/mol. The third kappa shape index (κ3) is 3.57. The number of carbonyl (C=O) groups is 2. The highest BCUT2D eigenvalue weighted by atomic mass is 16.5. The van der Waals surface area contributed by atoms with Gasteiger partial charge >= 0.3 is 11.9 Å². The van der Waals surface area contributed by atoms with Crippen molar-refractivity contribution in [1.29, 1.82) is 0 Å². The number of esters is 1. The van der Waals surface area contributed by atoms with Crippen molar-refractivity contribution in [2.45, 2.75) is 119 Å². The molecule has 37 heavy (non-hydrogen) atoms. The van der Waals surface area contributed by atoms with Crippen LogP contribution in [0, 0.1) is 50.2 Å². The molecule has 0 radical (unpaired) electrons. The molecule has 5 rings (SSSR count). The molecule has 5 nitrogen and oxygen atoms in total. The molecule has 1 unspecified atom stereocenters. The van der Waals surface area contributed by atoms with Crippen LogP contribution < -0.4 is 0 Å². The lowest BCUT2D eigenvalue weighted by molar-refractivity contribution is -0.219. The second-order valence-corrected chi connectivity index (χ2v) is 15.5. The van der Waals surface area contributed by atoms with E-state index in [4.69, 9.17) is 4.74 Å². The molecule has 5 heteroatoms. The first-order chi connectivity index (χ1) is 17.1. The highest BCUT2D eigenvalue weighted by Crippen LogP contribution is 2.75. The molecule has 0 aromatic carbocycles. The summed E-state index contributed by atoms with van der Waals surface area (Å²) in [5.41, 5.74) is 0.684. The zero-order valence-electron chi connectivity index (χ0n) is 24.3. The molecular formula is C32H50O5. The van der Waals surface area contributed by atoms with E-state index in [9.17, 15) is 19.8 Å². The molecule has 5 aliphatic carbocycles. The number of carbonyl (C=O) groups excluding carboxylic acids is 1. The van der Waals surface area contributed by atoms with Crippen LogP contribution in [-0.2, 0) is 14.3 Å². The van der Waals surface area contributed by atoms with Gasteiger partial charge in [-0.3, -0.25) is 9.59 Å². The Hall–Kier alpha value is -1.36. The Labute approximate surface area is 223 Å². The van der Waals surface area contributed by atoms with Gasteiger partial charge in [-0.15, -0.1) is 0 Å². The second kappa shape index (κ2) is 8.32. The highest BCUT2D eigenvalue weighted by molar-refractivity contribution is 5.76. The Balaban J connectivity index is 1.56. The SMILES string of the molecule is CC(=O)OC[C@]1(C)C2CC[C@]3(C)[C@H](CC=C4[C@H]5CC(C)(C)CC[C@]5(C(=O)O)CC[C@]43C)[C@@]2(C)CC[C@@H]1O. The number of hydrogen-bond acceptors (Lipinski definition) is 4. The van der Waals surface area contributed by atoms with Crippen molar-refractivity contribution in [3.63, 3.8) is 0 Å². The molecule has 0 aromatic rings. The lowest BCUT2D eigenvalue weighted by Crippen LogP contribution is -2.66. The number of hydrogen-bond donors (Lipinski definition) is 2. The number of rotatable bonds is 3. The second-order valence-electron chi connectivity index (χ2n) is 15.5. The first-order valence-electron chi connectivity index (χ1n) is 14.8. The largest absolute Gasteiger partial charge is 0.481 e. The molecule has 5 aliphatic rings. The maximum Gasteiger partial charge on any atom is 0.310 e. The van der Waals surface area contributed by atoms with Crippen molar-refractivity contribution in [3.05, 3.63) is 11.6 Å². The van der Waals surface area contributed by atoms with Crippen molar-refractivity contribution in [2.75, 3.05) is 6.61 Å². The number of aliphatic hydroxyl groups is 1. The van der Waals surface area contributed by atoms with E-state index in [1.807, 2.05) is 0 Å². The third-order valence-electron chi connectivity index (χ3n) is 13.4. The van der Waals surface area contributed by atoms with Crippen molar-refractivity contribution >= 4 is 11.9 Å². The van der Waals surface area contributed by atoms with Crippen molar-refractivity contribution in [2.24, 2.45) is 50.2 Å². The van der Waals surface area contributed by atoms with E-state index >= 15 is 0 Å². The molecule has 0 heterocycles. The van der Waals surface area contributed by atoms with Gasteiger partial charge in [0.1, 0.15) is 0 Å². The zero-order chi connectivity index (χ0) is 27.2.